The number of esters is 1. The van der Waals surface area contributed by atoms with Gasteiger partial charge in [0.1, 0.15) is 0 Å². The Balaban J connectivity index is 1.85. The standard InChI is InChI=1S/C17H21N3O4/c1-12-7-9-20(10-8-12)16(22)15(21)19-18-11-13-3-5-14(6-4-13)17(23)24-2/h3-6,11-12H,7-10H2,1-2H3,(H,19,21)/b18-11-. The van der Waals surface area contributed by atoms with E-state index in [1.54, 1.807) is 29.2 Å². The van der Waals surface area contributed by atoms with Gasteiger partial charge in [-0.05, 0) is 36.5 Å². The van der Waals surface area contributed by atoms with E-state index in [1.165, 1.54) is 13.3 Å². The van der Waals surface area contributed by atoms with E-state index in [-0.39, 0.29) is 0 Å². The Kier molecular flexibility index (Phi) is 6.06. The summed E-state index contributed by atoms with van der Waals surface area (Å²) in [5.41, 5.74) is 3.34. The minimum absolute atomic E-state index is 0.423. The lowest BCUT2D eigenvalue weighted by Gasteiger charge is -2.29. The lowest BCUT2D eigenvalue weighted by Crippen LogP contribution is -2.45. The van der Waals surface area contributed by atoms with Crippen molar-refractivity contribution in [3.05, 3.63) is 35.4 Å². The van der Waals surface area contributed by atoms with Crippen LogP contribution < -0.4 is 5.43 Å². The zero-order valence-electron chi connectivity index (χ0n) is 13.8. The van der Waals surface area contributed by atoms with Gasteiger partial charge in [0.2, 0.25) is 0 Å². The summed E-state index contributed by atoms with van der Waals surface area (Å²) in [6.45, 7) is 3.34. The van der Waals surface area contributed by atoms with Gasteiger partial charge >= 0.3 is 17.8 Å². The van der Waals surface area contributed by atoms with Gasteiger partial charge in [0.15, 0.2) is 0 Å². The van der Waals surface area contributed by atoms with Crippen LogP contribution in [0.3, 0.4) is 0 Å². The molecule has 1 aliphatic heterocycles. The fraction of sp³-hybridized carbons (Fsp3) is 0.412. The van der Waals surface area contributed by atoms with Crippen molar-refractivity contribution < 1.29 is 19.1 Å². The second-order valence-corrected chi connectivity index (χ2v) is 5.79. The number of amides is 2. The van der Waals surface area contributed by atoms with Crippen LogP contribution in [-0.4, -0.2) is 49.1 Å². The van der Waals surface area contributed by atoms with Crippen LogP contribution in [0.15, 0.2) is 29.4 Å². The molecule has 2 amide bonds. The van der Waals surface area contributed by atoms with E-state index in [9.17, 15) is 14.4 Å². The normalized spacial score (nSPS) is 15.3. The van der Waals surface area contributed by atoms with Gasteiger partial charge in [0.05, 0.1) is 18.9 Å². The smallest absolute Gasteiger partial charge is 0.337 e. The molecule has 7 nitrogen and oxygen atoms in total. The second kappa shape index (κ2) is 8.24. The number of hydrogen-bond acceptors (Lipinski definition) is 5. The van der Waals surface area contributed by atoms with Crippen molar-refractivity contribution in [1.82, 2.24) is 10.3 Å². The van der Waals surface area contributed by atoms with Gasteiger partial charge in [-0.1, -0.05) is 19.1 Å². The minimum atomic E-state index is -0.744. The maximum atomic E-state index is 12.0. The number of piperidine rings is 1. The molecule has 1 saturated heterocycles. The van der Waals surface area contributed by atoms with Crippen LogP contribution in [0.5, 0.6) is 0 Å². The quantitative estimate of drug-likeness (QED) is 0.390. The van der Waals surface area contributed by atoms with Gasteiger partial charge in [0.25, 0.3) is 0 Å². The summed E-state index contributed by atoms with van der Waals surface area (Å²) >= 11 is 0. The lowest BCUT2D eigenvalue weighted by atomic mass is 9.99. The molecular formula is C17H21N3O4. The van der Waals surface area contributed by atoms with Crippen LogP contribution in [0.1, 0.15) is 35.7 Å². The molecule has 0 spiro atoms. The number of benzene rings is 1. The lowest BCUT2D eigenvalue weighted by molar-refractivity contribution is -0.146. The monoisotopic (exact) mass is 331 g/mol. The molecule has 0 saturated carbocycles. The summed E-state index contributed by atoms with van der Waals surface area (Å²) in [6.07, 6.45) is 3.23. The summed E-state index contributed by atoms with van der Waals surface area (Å²) in [5, 5.41) is 3.78. The zero-order chi connectivity index (χ0) is 17.5. The Morgan fingerprint density at radius 2 is 1.83 bits per heavy atom. The van der Waals surface area contributed by atoms with Crippen LogP contribution in [-0.2, 0) is 14.3 Å². The van der Waals surface area contributed by atoms with Crippen LogP contribution in [0.2, 0.25) is 0 Å². The largest absolute Gasteiger partial charge is 0.465 e. The van der Waals surface area contributed by atoms with Crippen molar-refractivity contribution in [2.75, 3.05) is 20.2 Å². The molecule has 24 heavy (non-hydrogen) atoms. The summed E-state index contributed by atoms with van der Waals surface area (Å²) in [7, 11) is 1.31. The minimum Gasteiger partial charge on any atom is -0.465 e. The molecule has 0 aliphatic carbocycles. The van der Waals surface area contributed by atoms with Crippen LogP contribution >= 0.6 is 0 Å². The van der Waals surface area contributed by atoms with Crippen molar-refractivity contribution in [3.63, 3.8) is 0 Å². The highest BCUT2D eigenvalue weighted by Crippen LogP contribution is 2.15. The summed E-state index contributed by atoms with van der Waals surface area (Å²) < 4.78 is 4.61. The third kappa shape index (κ3) is 4.65. The number of hydrazone groups is 1. The predicted octanol–water partition coefficient (Wildman–Crippen LogP) is 1.18. The highest BCUT2D eigenvalue weighted by Gasteiger charge is 2.25. The first-order valence-electron chi connectivity index (χ1n) is 7.82. The first-order chi connectivity index (χ1) is 11.5. The molecular weight excluding hydrogens is 310 g/mol. The Labute approximate surface area is 140 Å². The number of carbonyl (C=O) groups is 3. The Bertz CT molecular complexity index is 632. The predicted molar refractivity (Wildman–Crippen MR) is 88.5 cm³/mol. The van der Waals surface area contributed by atoms with Gasteiger partial charge in [-0.25, -0.2) is 10.2 Å². The van der Waals surface area contributed by atoms with E-state index >= 15 is 0 Å². The van der Waals surface area contributed by atoms with E-state index in [4.69, 9.17) is 0 Å². The molecule has 1 N–H and O–H groups in total. The third-order valence-corrected chi connectivity index (χ3v) is 3.98. The number of likely N-dealkylation sites (tertiary alicyclic amines) is 1. The summed E-state index contributed by atoms with van der Waals surface area (Å²) in [5.74, 6) is -1.14. The van der Waals surface area contributed by atoms with Crippen molar-refractivity contribution in [3.8, 4) is 0 Å². The Hall–Kier alpha value is -2.70. The first kappa shape index (κ1) is 17.7. The average molecular weight is 331 g/mol. The average Bonchev–Trinajstić information content (AvgIpc) is 2.61. The molecule has 1 aliphatic rings. The van der Waals surface area contributed by atoms with E-state index in [2.05, 4.69) is 22.2 Å². The van der Waals surface area contributed by atoms with Gasteiger partial charge in [-0.3, -0.25) is 9.59 Å². The topological polar surface area (TPSA) is 88.1 Å². The molecule has 1 heterocycles. The SMILES string of the molecule is COC(=O)c1ccc(/C=N\NC(=O)C(=O)N2CCC(C)CC2)cc1. The Morgan fingerprint density at radius 3 is 2.42 bits per heavy atom. The van der Waals surface area contributed by atoms with E-state index < -0.39 is 17.8 Å². The molecule has 1 aromatic rings. The number of hydrogen-bond donors (Lipinski definition) is 1. The zero-order valence-corrected chi connectivity index (χ0v) is 13.8. The first-order valence-corrected chi connectivity index (χ1v) is 7.82. The van der Waals surface area contributed by atoms with Gasteiger partial charge in [-0.15, -0.1) is 0 Å². The molecule has 7 heteroatoms. The van der Waals surface area contributed by atoms with Crippen molar-refractivity contribution >= 4 is 24.0 Å². The Morgan fingerprint density at radius 1 is 1.21 bits per heavy atom. The number of nitrogens with zero attached hydrogens (tertiary/aromatic N) is 2. The van der Waals surface area contributed by atoms with Crippen molar-refractivity contribution in [2.45, 2.75) is 19.8 Å². The fourth-order valence-corrected chi connectivity index (χ4v) is 2.39. The molecule has 1 fully saturated rings. The highest BCUT2D eigenvalue weighted by atomic mass is 16.5. The maximum absolute atomic E-state index is 12.0. The molecule has 0 aromatic heterocycles. The molecule has 0 radical (unpaired) electrons. The fourth-order valence-electron chi connectivity index (χ4n) is 2.39. The van der Waals surface area contributed by atoms with Crippen LogP contribution in [0.4, 0.5) is 0 Å². The molecule has 128 valence electrons. The molecule has 1 aromatic carbocycles. The summed E-state index contributed by atoms with van der Waals surface area (Å²) in [4.78, 5) is 36.7. The van der Waals surface area contributed by atoms with E-state index in [1.807, 2.05) is 0 Å². The maximum Gasteiger partial charge on any atom is 0.337 e. The van der Waals surface area contributed by atoms with E-state index in [0.29, 0.717) is 30.1 Å². The van der Waals surface area contributed by atoms with Gasteiger partial charge in [-0.2, -0.15) is 5.10 Å². The number of methoxy groups -OCH3 is 1. The molecule has 0 unspecified atom stereocenters. The van der Waals surface area contributed by atoms with E-state index in [0.717, 1.165) is 12.8 Å². The third-order valence-electron chi connectivity index (χ3n) is 3.98. The number of carbonyl (C=O) groups excluding carboxylic acids is 3. The van der Waals surface area contributed by atoms with Crippen LogP contribution in [0.25, 0.3) is 0 Å². The van der Waals surface area contributed by atoms with Gasteiger partial charge in [0, 0.05) is 13.1 Å². The van der Waals surface area contributed by atoms with Crippen molar-refractivity contribution in [2.24, 2.45) is 11.0 Å². The number of ether oxygens (including phenoxy) is 1. The molecule has 0 atom stereocenters. The van der Waals surface area contributed by atoms with Crippen molar-refractivity contribution in [1.29, 1.82) is 0 Å². The van der Waals surface area contributed by atoms with Gasteiger partial charge < -0.3 is 9.64 Å². The highest BCUT2D eigenvalue weighted by molar-refractivity contribution is 6.35. The van der Waals surface area contributed by atoms with Crippen LogP contribution in [0, 0.1) is 5.92 Å². The number of rotatable bonds is 3. The molecule has 0 bridgehead atoms. The molecule has 2 rings (SSSR count). The number of nitrogens with one attached hydrogen (secondary N) is 1. The second-order valence-electron chi connectivity index (χ2n) is 5.79. The summed E-state index contributed by atoms with van der Waals surface area (Å²) in [6, 6.07) is 6.51.